The molecule has 0 bridgehead atoms. The van der Waals surface area contributed by atoms with Gasteiger partial charge in [-0.25, -0.2) is 0 Å². The molecule has 0 amide bonds. The molecule has 4 aliphatic rings. The summed E-state index contributed by atoms with van der Waals surface area (Å²) in [4.78, 5) is 10.3. The smallest absolute Gasteiger partial charge is 0.256 e. The highest BCUT2D eigenvalue weighted by atomic mass is 16.5. The second-order valence-electron chi connectivity index (χ2n) is 34.0. The van der Waals surface area contributed by atoms with E-state index in [0.717, 1.165) is 163 Å². The Balaban J connectivity index is 0.900. The van der Waals surface area contributed by atoms with Gasteiger partial charge in [0.1, 0.15) is 11.5 Å². The molecule has 0 saturated carbocycles. The Hall–Kier alpha value is -14.3. The molecule has 5 heterocycles. The van der Waals surface area contributed by atoms with E-state index in [0.29, 0.717) is 0 Å². The van der Waals surface area contributed by atoms with Crippen LogP contribution in [0.25, 0.3) is 83.1 Å². The van der Waals surface area contributed by atoms with Gasteiger partial charge in [0, 0.05) is 84.8 Å². The quantitative estimate of drug-likeness (QED) is 0.114. The molecule has 0 fully saturated rings. The van der Waals surface area contributed by atoms with E-state index in [4.69, 9.17) is 4.74 Å². The molecule has 118 heavy (non-hydrogen) atoms. The normalized spacial score (nSPS) is 13.0. The van der Waals surface area contributed by atoms with Crippen molar-refractivity contribution in [1.82, 2.24) is 4.57 Å². The molecule has 17 aromatic carbocycles. The molecular weight excluding hydrogens is 1430 g/mol. The Morgan fingerprint density at radius 3 is 1.19 bits per heavy atom. The lowest BCUT2D eigenvalue weighted by Crippen LogP contribution is -2.64. The fourth-order valence-corrected chi connectivity index (χ4v) is 19.2. The van der Waals surface area contributed by atoms with Crippen LogP contribution in [0.5, 0.6) is 11.5 Å². The monoisotopic (exact) mass is 1510 g/mol. The summed E-state index contributed by atoms with van der Waals surface area (Å²) in [6, 6.07) is 148. The van der Waals surface area contributed by atoms with E-state index in [1.165, 1.54) is 43.8 Å². The average Bonchev–Trinajstić information content (AvgIpc) is 0.716. The van der Waals surface area contributed by atoms with Crippen LogP contribution in [-0.4, -0.2) is 18.0 Å². The van der Waals surface area contributed by atoms with Crippen LogP contribution in [0.2, 0.25) is 0 Å². The zero-order valence-corrected chi connectivity index (χ0v) is 66.8. The van der Waals surface area contributed by atoms with Crippen LogP contribution in [0.15, 0.2) is 394 Å². The van der Waals surface area contributed by atoms with Gasteiger partial charge in [0.05, 0.1) is 28.1 Å². The standard InChI is InChI=1S/C110H83B2N5O/c1-109(2,3)80-55-59-96-90(64-80)91-65-81(110(4,5)6)56-60-97(91)116(96)86-66-101-106-102(67-86)115(85-50-31-43-77(61-85)72-33-15-7-16-34-72)98-62-78(73-35-17-8-18-36-73)53-57-92(98)111(106)94-70-95-100(71-99(94)114(101)84-48-29-14-30-49-84)117(108-88(75-39-21-10-22-40-75)51-32-52-89(108)76-41-23-11-24-42-76)103-68-87(113(82-44-25-12-26-45-82)83-46-27-13-28-47-83)69-105-107(103)112(95)93-58-54-79(63-104(93)118-105)74-37-19-9-20-38-74/h7-71H,1-6H3. The van der Waals surface area contributed by atoms with Crippen molar-refractivity contribution in [2.45, 2.75) is 52.4 Å². The van der Waals surface area contributed by atoms with Crippen molar-refractivity contribution in [1.29, 1.82) is 0 Å². The summed E-state index contributed by atoms with van der Waals surface area (Å²) in [6.45, 7) is 13.4. The first kappa shape index (κ1) is 70.3. The molecule has 0 saturated heterocycles. The lowest BCUT2D eigenvalue weighted by molar-refractivity contribution is 0.488. The lowest BCUT2D eigenvalue weighted by atomic mass is 9.30. The van der Waals surface area contributed by atoms with Gasteiger partial charge in [0.25, 0.3) is 13.4 Å². The number of aromatic nitrogens is 1. The van der Waals surface area contributed by atoms with Gasteiger partial charge in [0.2, 0.25) is 0 Å². The summed E-state index contributed by atoms with van der Waals surface area (Å²) in [6.07, 6.45) is 0. The number of nitrogens with zero attached hydrogens (tertiary/aromatic N) is 5. The predicted molar refractivity (Wildman–Crippen MR) is 500 cm³/mol. The van der Waals surface area contributed by atoms with Crippen molar-refractivity contribution >= 4 is 136 Å². The maximum absolute atomic E-state index is 7.83. The number of ether oxygens (including phenoxy) is 1. The highest BCUT2D eigenvalue weighted by molar-refractivity contribution is 7.02. The van der Waals surface area contributed by atoms with Crippen LogP contribution in [-0.2, 0) is 10.8 Å². The van der Waals surface area contributed by atoms with Gasteiger partial charge in [-0.1, -0.05) is 321 Å². The van der Waals surface area contributed by atoms with Crippen molar-refractivity contribution in [3.8, 4) is 72.8 Å². The topological polar surface area (TPSA) is 27.1 Å². The SMILES string of the molecule is CC(C)(C)c1ccc2c(c1)c1cc(C(C)(C)C)ccc1n2-c1cc2c3c(c1)N(c1ccccc1)c1cc4c(cc1B3c1ccc(-c3ccccc3)cc1N2c1cccc(-c2ccccc2)c1)B1c2ccc(-c3ccccc3)cc2Oc2cc(N(c3ccccc3)c3ccccc3)cc(c21)N4c1c(-c2ccccc2)cccc1-c1ccccc1. The second-order valence-corrected chi connectivity index (χ2v) is 34.0. The van der Waals surface area contributed by atoms with Gasteiger partial charge >= 0.3 is 0 Å². The summed E-state index contributed by atoms with van der Waals surface area (Å²) >= 11 is 0. The van der Waals surface area contributed by atoms with Crippen LogP contribution >= 0.6 is 0 Å². The van der Waals surface area contributed by atoms with E-state index in [1.54, 1.807) is 0 Å². The van der Waals surface area contributed by atoms with Gasteiger partial charge in [-0.2, -0.15) is 0 Å². The fraction of sp³-hybridized carbons (Fsp3) is 0.0727. The van der Waals surface area contributed by atoms with Crippen molar-refractivity contribution in [2.75, 3.05) is 19.6 Å². The summed E-state index contributed by atoms with van der Waals surface area (Å²) in [5.41, 5.74) is 36.6. The zero-order valence-electron chi connectivity index (χ0n) is 66.8. The third-order valence-corrected chi connectivity index (χ3v) is 24.8. The number of fused-ring (bicyclic) bond motifs is 11. The van der Waals surface area contributed by atoms with E-state index in [2.05, 4.69) is 460 Å². The van der Waals surface area contributed by atoms with E-state index < -0.39 is 0 Å². The highest BCUT2D eigenvalue weighted by Gasteiger charge is 2.49. The average molecular weight is 1510 g/mol. The van der Waals surface area contributed by atoms with Crippen LogP contribution in [0.1, 0.15) is 52.7 Å². The molecule has 22 rings (SSSR count). The number of benzene rings is 17. The van der Waals surface area contributed by atoms with Gasteiger partial charge in [0.15, 0.2) is 0 Å². The number of hydrogen-bond acceptors (Lipinski definition) is 5. The Kier molecular flexibility index (Phi) is 16.5. The highest BCUT2D eigenvalue weighted by Crippen LogP contribution is 2.55. The maximum Gasteiger partial charge on any atom is 0.256 e. The van der Waals surface area contributed by atoms with E-state index >= 15 is 0 Å². The van der Waals surface area contributed by atoms with Crippen molar-refractivity contribution in [2.24, 2.45) is 0 Å². The molecule has 560 valence electrons. The lowest BCUT2D eigenvalue weighted by Gasteiger charge is -2.47. The molecule has 0 unspecified atom stereocenters. The Morgan fingerprint density at radius 2 is 0.669 bits per heavy atom. The summed E-state index contributed by atoms with van der Waals surface area (Å²) in [5.74, 6) is 1.62. The Labute approximate surface area is 691 Å². The predicted octanol–water partition coefficient (Wildman–Crippen LogP) is 25.7. The van der Waals surface area contributed by atoms with Gasteiger partial charge in [-0.3, -0.25) is 0 Å². The van der Waals surface area contributed by atoms with Gasteiger partial charge < -0.3 is 28.9 Å². The maximum atomic E-state index is 7.83. The van der Waals surface area contributed by atoms with E-state index in [-0.39, 0.29) is 24.3 Å². The third kappa shape index (κ3) is 11.6. The largest absolute Gasteiger partial charge is 0.458 e. The van der Waals surface area contributed by atoms with Crippen LogP contribution in [0.4, 0.5) is 68.2 Å². The van der Waals surface area contributed by atoms with Crippen molar-refractivity contribution in [3.05, 3.63) is 405 Å². The molecule has 0 N–H and O–H groups in total. The first-order chi connectivity index (χ1) is 57.8. The molecule has 0 radical (unpaired) electrons. The van der Waals surface area contributed by atoms with Crippen molar-refractivity contribution in [3.63, 3.8) is 0 Å². The number of rotatable bonds is 12. The number of para-hydroxylation sites is 4. The molecule has 18 aromatic rings. The molecular formula is C110H83B2N5O. The van der Waals surface area contributed by atoms with Gasteiger partial charge in [-0.15, -0.1) is 0 Å². The number of hydrogen-bond donors (Lipinski definition) is 0. The Morgan fingerprint density at radius 1 is 0.254 bits per heavy atom. The van der Waals surface area contributed by atoms with Crippen molar-refractivity contribution < 1.29 is 4.74 Å². The first-order valence-corrected chi connectivity index (χ1v) is 41.3. The molecule has 0 aliphatic carbocycles. The zero-order chi connectivity index (χ0) is 79.1. The first-order valence-electron chi connectivity index (χ1n) is 41.3. The number of anilines is 12. The molecule has 6 nitrogen and oxygen atoms in total. The summed E-state index contributed by atoms with van der Waals surface area (Å²) in [5, 5.41) is 2.47. The van der Waals surface area contributed by atoms with E-state index in [1.807, 2.05) is 0 Å². The second kappa shape index (κ2) is 27.7. The van der Waals surface area contributed by atoms with Crippen LogP contribution in [0.3, 0.4) is 0 Å². The molecule has 8 heteroatoms. The van der Waals surface area contributed by atoms with Crippen LogP contribution in [0, 0.1) is 0 Å². The van der Waals surface area contributed by atoms with Crippen LogP contribution < -0.4 is 57.1 Å². The minimum absolute atomic E-state index is 0.0987. The van der Waals surface area contributed by atoms with Gasteiger partial charge in [-0.05, 0) is 208 Å². The summed E-state index contributed by atoms with van der Waals surface area (Å²) in [7, 11) is 0. The minimum atomic E-state index is -0.336. The molecule has 0 spiro atoms. The van der Waals surface area contributed by atoms with E-state index in [9.17, 15) is 0 Å². The third-order valence-electron chi connectivity index (χ3n) is 24.8. The fourth-order valence-electron chi connectivity index (χ4n) is 19.2. The molecule has 1 aromatic heterocycles. The Bertz CT molecular complexity index is 6820. The molecule has 0 atom stereocenters. The summed E-state index contributed by atoms with van der Waals surface area (Å²) < 4.78 is 10.4. The minimum Gasteiger partial charge on any atom is -0.458 e. The molecule has 4 aliphatic heterocycles.